The maximum absolute atomic E-state index is 12.1. The molecule has 1 saturated carbocycles. The van der Waals surface area contributed by atoms with E-state index in [2.05, 4.69) is 5.32 Å². The number of anilines is 1. The second-order valence-corrected chi connectivity index (χ2v) is 5.70. The van der Waals surface area contributed by atoms with Crippen LogP contribution in [0.3, 0.4) is 0 Å². The standard InChI is InChI=1S/C16H19F3N2O2/c17-16(18,19)15(23)21-13-8-6-11(7-9-13)10-20-14(22)12-4-2-1-3-5-12/h6-9,12H,1-5,10H2,(H,20,22)(H,21,23). The molecule has 0 heterocycles. The average Bonchev–Trinajstić information content (AvgIpc) is 2.54. The van der Waals surface area contributed by atoms with Crippen molar-refractivity contribution in [1.82, 2.24) is 5.32 Å². The summed E-state index contributed by atoms with van der Waals surface area (Å²) in [6.45, 7) is 0.322. The molecular formula is C16H19F3N2O2. The van der Waals surface area contributed by atoms with Crippen molar-refractivity contribution in [3.63, 3.8) is 0 Å². The van der Waals surface area contributed by atoms with Crippen molar-refractivity contribution in [3.05, 3.63) is 29.8 Å². The van der Waals surface area contributed by atoms with Crippen LogP contribution in [0.5, 0.6) is 0 Å². The highest BCUT2D eigenvalue weighted by molar-refractivity contribution is 5.94. The minimum atomic E-state index is -4.91. The molecule has 0 unspecified atom stereocenters. The molecular weight excluding hydrogens is 309 g/mol. The molecule has 2 rings (SSSR count). The van der Waals surface area contributed by atoms with E-state index in [9.17, 15) is 22.8 Å². The van der Waals surface area contributed by atoms with Gasteiger partial charge in [-0.2, -0.15) is 13.2 Å². The number of carbonyl (C=O) groups excluding carboxylic acids is 2. The van der Waals surface area contributed by atoms with Gasteiger partial charge in [0.1, 0.15) is 0 Å². The van der Waals surface area contributed by atoms with Crippen LogP contribution in [0, 0.1) is 5.92 Å². The zero-order valence-corrected chi connectivity index (χ0v) is 12.6. The van der Waals surface area contributed by atoms with Gasteiger partial charge in [-0.05, 0) is 30.5 Å². The lowest BCUT2D eigenvalue weighted by Gasteiger charge is -2.20. The Balaban J connectivity index is 1.83. The van der Waals surface area contributed by atoms with Crippen molar-refractivity contribution >= 4 is 17.5 Å². The minimum Gasteiger partial charge on any atom is -0.352 e. The molecule has 0 atom stereocenters. The third-order valence-corrected chi connectivity index (χ3v) is 3.91. The fourth-order valence-corrected chi connectivity index (χ4v) is 2.61. The zero-order chi connectivity index (χ0) is 16.9. The number of amides is 2. The van der Waals surface area contributed by atoms with Crippen LogP contribution >= 0.6 is 0 Å². The summed E-state index contributed by atoms with van der Waals surface area (Å²) in [4.78, 5) is 22.8. The van der Waals surface area contributed by atoms with Gasteiger partial charge >= 0.3 is 12.1 Å². The van der Waals surface area contributed by atoms with Crippen LogP contribution in [-0.4, -0.2) is 18.0 Å². The molecule has 2 N–H and O–H groups in total. The van der Waals surface area contributed by atoms with Crippen LogP contribution in [0.2, 0.25) is 0 Å². The van der Waals surface area contributed by atoms with E-state index in [1.807, 2.05) is 0 Å². The summed E-state index contributed by atoms with van der Waals surface area (Å²) < 4.78 is 36.4. The van der Waals surface area contributed by atoms with Gasteiger partial charge < -0.3 is 10.6 Å². The minimum absolute atomic E-state index is 0.0270. The summed E-state index contributed by atoms with van der Waals surface area (Å²) in [7, 11) is 0. The van der Waals surface area contributed by atoms with Gasteiger partial charge in [-0.1, -0.05) is 31.4 Å². The smallest absolute Gasteiger partial charge is 0.352 e. The SMILES string of the molecule is O=C(NCc1ccc(NC(=O)C(F)(F)F)cc1)C1CCCCC1. The van der Waals surface area contributed by atoms with Gasteiger partial charge in [0, 0.05) is 18.2 Å². The number of hydrogen-bond acceptors (Lipinski definition) is 2. The van der Waals surface area contributed by atoms with Crippen molar-refractivity contribution in [2.24, 2.45) is 5.92 Å². The first-order valence-corrected chi connectivity index (χ1v) is 7.61. The van der Waals surface area contributed by atoms with Gasteiger partial charge in [0.25, 0.3) is 0 Å². The summed E-state index contributed by atoms with van der Waals surface area (Å²) >= 11 is 0. The number of rotatable bonds is 4. The van der Waals surface area contributed by atoms with Gasteiger partial charge in [-0.15, -0.1) is 0 Å². The molecule has 0 aromatic heterocycles. The first-order valence-electron chi connectivity index (χ1n) is 7.61. The molecule has 0 aliphatic heterocycles. The average molecular weight is 328 g/mol. The fourth-order valence-electron chi connectivity index (χ4n) is 2.61. The predicted octanol–water partition coefficient (Wildman–Crippen LogP) is 3.38. The van der Waals surface area contributed by atoms with Gasteiger partial charge in [0.2, 0.25) is 5.91 Å². The fraction of sp³-hybridized carbons (Fsp3) is 0.500. The second kappa shape index (κ2) is 7.48. The number of carbonyl (C=O) groups is 2. The maximum atomic E-state index is 12.1. The van der Waals surface area contributed by atoms with Crippen LogP contribution in [-0.2, 0) is 16.1 Å². The van der Waals surface area contributed by atoms with E-state index in [1.54, 1.807) is 17.4 Å². The summed E-state index contributed by atoms with van der Waals surface area (Å²) in [5.74, 6) is -1.91. The number of hydrogen-bond donors (Lipinski definition) is 2. The van der Waals surface area contributed by atoms with Crippen molar-refractivity contribution in [2.45, 2.75) is 44.8 Å². The Morgan fingerprint density at radius 1 is 1.04 bits per heavy atom. The quantitative estimate of drug-likeness (QED) is 0.890. The first-order chi connectivity index (χ1) is 10.9. The molecule has 1 aliphatic carbocycles. The molecule has 1 aliphatic rings. The summed E-state index contributed by atoms with van der Waals surface area (Å²) in [5.41, 5.74) is 0.828. The Bertz CT molecular complexity index is 549. The number of benzene rings is 1. The second-order valence-electron chi connectivity index (χ2n) is 5.70. The van der Waals surface area contributed by atoms with E-state index in [0.29, 0.717) is 6.54 Å². The zero-order valence-electron chi connectivity index (χ0n) is 12.6. The van der Waals surface area contributed by atoms with E-state index in [4.69, 9.17) is 0 Å². The Morgan fingerprint density at radius 2 is 1.65 bits per heavy atom. The monoisotopic (exact) mass is 328 g/mol. The van der Waals surface area contributed by atoms with E-state index in [1.165, 1.54) is 18.6 Å². The van der Waals surface area contributed by atoms with Gasteiger partial charge in [-0.25, -0.2) is 0 Å². The number of halogens is 3. The Hall–Kier alpha value is -2.05. The first kappa shape index (κ1) is 17.3. The number of nitrogens with one attached hydrogen (secondary N) is 2. The normalized spacial score (nSPS) is 16.0. The van der Waals surface area contributed by atoms with Gasteiger partial charge in [0.15, 0.2) is 0 Å². The molecule has 1 aromatic rings. The van der Waals surface area contributed by atoms with Gasteiger partial charge in [0.05, 0.1) is 0 Å². The summed E-state index contributed by atoms with van der Waals surface area (Å²) in [6, 6.07) is 5.91. The van der Waals surface area contributed by atoms with Crippen LogP contribution < -0.4 is 10.6 Å². The molecule has 0 radical (unpaired) electrons. The van der Waals surface area contributed by atoms with Crippen molar-refractivity contribution < 1.29 is 22.8 Å². The van der Waals surface area contributed by atoms with Crippen molar-refractivity contribution in [3.8, 4) is 0 Å². The lowest BCUT2D eigenvalue weighted by atomic mass is 9.88. The third kappa shape index (κ3) is 5.26. The molecule has 4 nitrogen and oxygen atoms in total. The highest BCUT2D eigenvalue weighted by Crippen LogP contribution is 2.23. The Kier molecular flexibility index (Phi) is 5.63. The van der Waals surface area contributed by atoms with E-state index < -0.39 is 12.1 Å². The van der Waals surface area contributed by atoms with Crippen LogP contribution in [0.4, 0.5) is 18.9 Å². The Labute approximate surface area is 132 Å². The molecule has 1 fully saturated rings. The molecule has 23 heavy (non-hydrogen) atoms. The lowest BCUT2D eigenvalue weighted by molar-refractivity contribution is -0.167. The predicted molar refractivity (Wildman–Crippen MR) is 79.5 cm³/mol. The van der Waals surface area contributed by atoms with Crippen LogP contribution in [0.15, 0.2) is 24.3 Å². The summed E-state index contributed by atoms with van der Waals surface area (Å²) in [5, 5.41) is 4.62. The molecule has 126 valence electrons. The van der Waals surface area contributed by atoms with E-state index in [0.717, 1.165) is 31.2 Å². The van der Waals surface area contributed by atoms with Crippen LogP contribution in [0.1, 0.15) is 37.7 Å². The van der Waals surface area contributed by atoms with Crippen molar-refractivity contribution in [1.29, 1.82) is 0 Å². The van der Waals surface area contributed by atoms with E-state index >= 15 is 0 Å². The largest absolute Gasteiger partial charge is 0.471 e. The van der Waals surface area contributed by atoms with Crippen LogP contribution in [0.25, 0.3) is 0 Å². The molecule has 0 bridgehead atoms. The molecule has 7 heteroatoms. The third-order valence-electron chi connectivity index (χ3n) is 3.91. The topological polar surface area (TPSA) is 58.2 Å². The summed E-state index contributed by atoms with van der Waals surface area (Å²) in [6.07, 6.45) is 0.237. The molecule has 2 amide bonds. The molecule has 0 spiro atoms. The lowest BCUT2D eigenvalue weighted by Crippen LogP contribution is -2.31. The maximum Gasteiger partial charge on any atom is 0.471 e. The van der Waals surface area contributed by atoms with E-state index in [-0.39, 0.29) is 17.5 Å². The van der Waals surface area contributed by atoms with Crippen molar-refractivity contribution in [2.75, 3.05) is 5.32 Å². The Morgan fingerprint density at radius 3 is 2.22 bits per heavy atom. The highest BCUT2D eigenvalue weighted by Gasteiger charge is 2.38. The molecule has 1 aromatic carbocycles. The highest BCUT2D eigenvalue weighted by atomic mass is 19.4. The van der Waals surface area contributed by atoms with Gasteiger partial charge in [-0.3, -0.25) is 9.59 Å². The molecule has 0 saturated heterocycles. The number of alkyl halides is 3.